The molecule has 3 nitrogen and oxygen atoms in total. The molecule has 0 heterocycles. The number of carboxylic acid groups (broad SMARTS) is 1. The van der Waals surface area contributed by atoms with Crippen LogP contribution < -0.4 is 0 Å². The Balaban J connectivity index is 2.86. The van der Waals surface area contributed by atoms with Gasteiger partial charge in [0.15, 0.2) is 0 Å². The van der Waals surface area contributed by atoms with Crippen molar-refractivity contribution in [3.8, 4) is 6.07 Å². The minimum Gasteiger partial charge on any atom is -0.480 e. The van der Waals surface area contributed by atoms with Gasteiger partial charge in [0.1, 0.15) is 5.92 Å². The molecular weight excluding hydrogens is 190 g/mol. The summed E-state index contributed by atoms with van der Waals surface area (Å²) in [7, 11) is 0. The molecule has 0 bridgehead atoms. The van der Waals surface area contributed by atoms with Crippen molar-refractivity contribution in [2.45, 2.75) is 20.3 Å². The van der Waals surface area contributed by atoms with Gasteiger partial charge >= 0.3 is 5.97 Å². The fraction of sp³-hybridized carbons (Fsp3) is 0.333. The molecule has 0 aliphatic rings. The van der Waals surface area contributed by atoms with Crippen LogP contribution in [0.5, 0.6) is 0 Å². The standard InChI is InChI=1S/C12H13NO2/c1-8-3-4-10(5-9(8)2)6-11(7-13)12(14)15/h3-5,11H,6H2,1-2H3,(H,14,15). The summed E-state index contributed by atoms with van der Waals surface area (Å²) in [4.78, 5) is 10.7. The van der Waals surface area contributed by atoms with Crippen LogP contribution in [-0.4, -0.2) is 11.1 Å². The summed E-state index contributed by atoms with van der Waals surface area (Å²) >= 11 is 0. The Morgan fingerprint density at radius 1 is 1.47 bits per heavy atom. The molecule has 1 N–H and O–H groups in total. The summed E-state index contributed by atoms with van der Waals surface area (Å²) in [5.41, 5.74) is 3.18. The number of aliphatic carboxylic acids is 1. The fourth-order valence-corrected chi connectivity index (χ4v) is 1.35. The number of rotatable bonds is 3. The molecule has 1 atom stereocenters. The molecule has 1 rings (SSSR count). The highest BCUT2D eigenvalue weighted by molar-refractivity contribution is 5.73. The van der Waals surface area contributed by atoms with Gasteiger partial charge in [0.25, 0.3) is 0 Å². The van der Waals surface area contributed by atoms with Crippen molar-refractivity contribution in [1.82, 2.24) is 0 Å². The van der Waals surface area contributed by atoms with Gasteiger partial charge in [-0.25, -0.2) is 0 Å². The van der Waals surface area contributed by atoms with Gasteiger partial charge in [0.05, 0.1) is 6.07 Å². The van der Waals surface area contributed by atoms with E-state index in [4.69, 9.17) is 10.4 Å². The predicted molar refractivity (Wildman–Crippen MR) is 56.4 cm³/mol. The first-order valence-electron chi connectivity index (χ1n) is 4.73. The first-order chi connectivity index (χ1) is 7.04. The largest absolute Gasteiger partial charge is 0.480 e. The minimum atomic E-state index is -1.06. The van der Waals surface area contributed by atoms with Crippen LogP contribution in [0.25, 0.3) is 0 Å². The minimum absolute atomic E-state index is 0.271. The lowest BCUT2D eigenvalue weighted by Gasteiger charge is -2.06. The molecule has 0 aliphatic heterocycles. The Bertz CT molecular complexity index is 418. The zero-order valence-corrected chi connectivity index (χ0v) is 8.82. The second-order valence-corrected chi connectivity index (χ2v) is 3.64. The molecule has 0 amide bonds. The molecule has 15 heavy (non-hydrogen) atoms. The van der Waals surface area contributed by atoms with Gasteiger partial charge in [-0.05, 0) is 37.0 Å². The number of aryl methyl sites for hydroxylation is 2. The van der Waals surface area contributed by atoms with Gasteiger partial charge in [-0.1, -0.05) is 18.2 Å². The summed E-state index contributed by atoms with van der Waals surface area (Å²) < 4.78 is 0. The predicted octanol–water partition coefficient (Wildman–Crippen LogP) is 2.07. The van der Waals surface area contributed by atoms with Crippen LogP contribution in [0.1, 0.15) is 16.7 Å². The highest BCUT2D eigenvalue weighted by Crippen LogP contribution is 2.13. The molecule has 0 fully saturated rings. The van der Waals surface area contributed by atoms with Crippen molar-refractivity contribution in [3.05, 3.63) is 34.9 Å². The van der Waals surface area contributed by atoms with Crippen molar-refractivity contribution >= 4 is 5.97 Å². The molecule has 0 aromatic heterocycles. The molecule has 1 aromatic rings. The van der Waals surface area contributed by atoms with Crippen molar-refractivity contribution in [2.75, 3.05) is 0 Å². The van der Waals surface area contributed by atoms with Crippen LogP contribution in [0.2, 0.25) is 0 Å². The third kappa shape index (κ3) is 2.81. The zero-order chi connectivity index (χ0) is 11.4. The maximum Gasteiger partial charge on any atom is 0.321 e. The summed E-state index contributed by atoms with van der Waals surface area (Å²) in [6.45, 7) is 3.97. The normalized spacial score (nSPS) is 11.8. The molecule has 78 valence electrons. The Labute approximate surface area is 89.0 Å². The van der Waals surface area contributed by atoms with Crippen molar-refractivity contribution in [3.63, 3.8) is 0 Å². The maximum atomic E-state index is 10.7. The molecule has 1 unspecified atom stereocenters. The van der Waals surface area contributed by atoms with Crippen molar-refractivity contribution in [1.29, 1.82) is 5.26 Å². The third-order valence-electron chi connectivity index (χ3n) is 2.47. The van der Waals surface area contributed by atoms with E-state index in [2.05, 4.69) is 0 Å². The lowest BCUT2D eigenvalue weighted by molar-refractivity contribution is -0.139. The van der Waals surface area contributed by atoms with Crippen molar-refractivity contribution in [2.24, 2.45) is 5.92 Å². The van der Waals surface area contributed by atoms with E-state index in [1.54, 1.807) is 6.07 Å². The third-order valence-corrected chi connectivity index (χ3v) is 2.47. The number of nitriles is 1. The lowest BCUT2D eigenvalue weighted by Crippen LogP contribution is -2.14. The van der Waals surface area contributed by atoms with Gasteiger partial charge in [0.2, 0.25) is 0 Å². The van der Waals surface area contributed by atoms with Gasteiger partial charge < -0.3 is 5.11 Å². The molecule has 0 saturated carbocycles. The Kier molecular flexibility index (Phi) is 3.46. The first-order valence-corrected chi connectivity index (χ1v) is 4.73. The average molecular weight is 203 g/mol. The summed E-state index contributed by atoms with van der Waals surface area (Å²) in [6.07, 6.45) is 0.271. The quantitative estimate of drug-likeness (QED) is 0.818. The highest BCUT2D eigenvalue weighted by Gasteiger charge is 2.16. The van der Waals surface area contributed by atoms with Crippen LogP contribution in [0.3, 0.4) is 0 Å². The summed E-state index contributed by atoms with van der Waals surface area (Å²) in [5.74, 6) is -2.01. The number of hydrogen-bond donors (Lipinski definition) is 1. The summed E-state index contributed by atoms with van der Waals surface area (Å²) in [6, 6.07) is 7.53. The monoisotopic (exact) mass is 203 g/mol. The first kappa shape index (κ1) is 11.3. The van der Waals surface area contributed by atoms with Crippen molar-refractivity contribution < 1.29 is 9.90 Å². The van der Waals surface area contributed by atoms with E-state index < -0.39 is 11.9 Å². The molecule has 0 radical (unpaired) electrons. The van der Waals surface area contributed by atoms with Gasteiger partial charge in [-0.2, -0.15) is 5.26 Å². The second-order valence-electron chi connectivity index (χ2n) is 3.64. The van der Waals surface area contributed by atoms with Crippen LogP contribution >= 0.6 is 0 Å². The number of carboxylic acids is 1. The average Bonchev–Trinajstić information content (AvgIpc) is 2.19. The second kappa shape index (κ2) is 4.61. The number of nitrogens with zero attached hydrogens (tertiary/aromatic N) is 1. The van der Waals surface area contributed by atoms with Gasteiger partial charge in [0, 0.05) is 0 Å². The lowest BCUT2D eigenvalue weighted by atomic mass is 9.98. The Morgan fingerprint density at radius 3 is 2.60 bits per heavy atom. The van der Waals surface area contributed by atoms with E-state index in [1.807, 2.05) is 32.0 Å². The molecule has 3 heteroatoms. The Hall–Kier alpha value is -1.82. The summed E-state index contributed by atoms with van der Waals surface area (Å²) in [5, 5.41) is 17.4. The molecule has 0 aliphatic carbocycles. The van der Waals surface area contributed by atoms with Gasteiger partial charge in [-0.3, -0.25) is 4.79 Å². The fourth-order valence-electron chi connectivity index (χ4n) is 1.35. The molecule has 0 spiro atoms. The van der Waals surface area contributed by atoms with Crippen LogP contribution in [0, 0.1) is 31.1 Å². The topological polar surface area (TPSA) is 61.1 Å². The van der Waals surface area contributed by atoms with Crippen LogP contribution in [-0.2, 0) is 11.2 Å². The van der Waals surface area contributed by atoms with E-state index in [0.29, 0.717) is 0 Å². The molecule has 0 saturated heterocycles. The maximum absolute atomic E-state index is 10.7. The van der Waals surface area contributed by atoms with Crippen LogP contribution in [0.15, 0.2) is 18.2 Å². The number of benzene rings is 1. The highest BCUT2D eigenvalue weighted by atomic mass is 16.4. The van der Waals surface area contributed by atoms with Crippen LogP contribution in [0.4, 0.5) is 0 Å². The number of hydrogen-bond acceptors (Lipinski definition) is 2. The van der Waals surface area contributed by atoms with E-state index in [0.717, 1.165) is 11.1 Å². The van der Waals surface area contributed by atoms with E-state index in [-0.39, 0.29) is 6.42 Å². The van der Waals surface area contributed by atoms with E-state index in [1.165, 1.54) is 5.56 Å². The Morgan fingerprint density at radius 2 is 2.13 bits per heavy atom. The SMILES string of the molecule is Cc1ccc(CC(C#N)C(=O)O)cc1C. The van der Waals surface area contributed by atoms with E-state index in [9.17, 15) is 4.79 Å². The smallest absolute Gasteiger partial charge is 0.321 e. The zero-order valence-electron chi connectivity index (χ0n) is 8.82. The molecule has 1 aromatic carbocycles. The molecular formula is C12H13NO2. The van der Waals surface area contributed by atoms with E-state index >= 15 is 0 Å². The van der Waals surface area contributed by atoms with Gasteiger partial charge in [-0.15, -0.1) is 0 Å². The number of carbonyl (C=O) groups is 1.